The van der Waals surface area contributed by atoms with Crippen molar-refractivity contribution >= 4 is 0 Å². The first-order valence-corrected chi connectivity index (χ1v) is 6.45. The van der Waals surface area contributed by atoms with Crippen LogP contribution in [0, 0.1) is 24.1 Å². The summed E-state index contributed by atoms with van der Waals surface area (Å²) in [5.74, 6) is -0.195. The van der Waals surface area contributed by atoms with E-state index in [0.29, 0.717) is 11.1 Å². The van der Waals surface area contributed by atoms with Gasteiger partial charge in [0, 0.05) is 0 Å². The van der Waals surface area contributed by atoms with Crippen LogP contribution >= 0.6 is 0 Å². The van der Waals surface area contributed by atoms with Gasteiger partial charge in [0.1, 0.15) is 5.82 Å². The second-order valence-electron chi connectivity index (χ2n) is 4.70. The monoisotopic (exact) mass is 253 g/mol. The molecule has 0 amide bonds. The van der Waals surface area contributed by atoms with Crippen LogP contribution in [0.15, 0.2) is 36.4 Å². The smallest absolute Gasteiger partial charge is 0.126 e. The lowest BCUT2D eigenvalue weighted by molar-refractivity contribution is 0.619. The molecule has 0 saturated carbocycles. The highest BCUT2D eigenvalue weighted by molar-refractivity contribution is 5.66. The number of halogens is 1. The minimum absolute atomic E-state index is 0.195. The van der Waals surface area contributed by atoms with Gasteiger partial charge >= 0.3 is 0 Å². The highest BCUT2D eigenvalue weighted by Crippen LogP contribution is 2.25. The largest absolute Gasteiger partial charge is 0.207 e. The fraction of sp³-hybridized carbons (Fsp3) is 0.235. The summed E-state index contributed by atoms with van der Waals surface area (Å²) < 4.78 is 13.6. The third kappa shape index (κ3) is 2.82. The molecule has 2 aromatic carbocycles. The van der Waals surface area contributed by atoms with Crippen molar-refractivity contribution in [3.05, 3.63) is 58.9 Å². The Morgan fingerprint density at radius 1 is 1.11 bits per heavy atom. The molecular weight excluding hydrogens is 237 g/mol. The van der Waals surface area contributed by atoms with E-state index in [1.54, 1.807) is 19.1 Å². The summed E-state index contributed by atoms with van der Waals surface area (Å²) in [5, 5.41) is 9.08. The molecule has 0 radical (unpaired) electrons. The number of hydrogen-bond donors (Lipinski definition) is 0. The van der Waals surface area contributed by atoms with Crippen molar-refractivity contribution in [3.63, 3.8) is 0 Å². The average molecular weight is 253 g/mol. The summed E-state index contributed by atoms with van der Waals surface area (Å²) in [6.07, 6.45) is 1.85. The summed E-state index contributed by atoms with van der Waals surface area (Å²) in [4.78, 5) is 0. The van der Waals surface area contributed by atoms with Crippen LogP contribution in [0.25, 0.3) is 11.1 Å². The predicted octanol–water partition coefficient (Wildman–Crippen LogP) is 4.63. The van der Waals surface area contributed by atoms with Crippen LogP contribution in [0.4, 0.5) is 4.39 Å². The highest BCUT2D eigenvalue weighted by atomic mass is 19.1. The van der Waals surface area contributed by atoms with Crippen LogP contribution in [-0.2, 0) is 6.42 Å². The van der Waals surface area contributed by atoms with Crippen molar-refractivity contribution in [1.29, 1.82) is 5.26 Å². The van der Waals surface area contributed by atoms with E-state index in [1.807, 2.05) is 24.3 Å². The molecule has 2 heteroatoms. The molecule has 0 unspecified atom stereocenters. The first-order chi connectivity index (χ1) is 9.15. The molecule has 2 rings (SSSR count). The van der Waals surface area contributed by atoms with Gasteiger partial charge in [0.15, 0.2) is 0 Å². The summed E-state index contributed by atoms with van der Waals surface area (Å²) >= 11 is 0. The molecule has 0 N–H and O–H groups in total. The Kier molecular flexibility index (Phi) is 3.97. The maximum atomic E-state index is 13.6. The van der Waals surface area contributed by atoms with Gasteiger partial charge in [-0.3, -0.25) is 0 Å². The Morgan fingerprint density at radius 2 is 1.79 bits per heavy atom. The van der Waals surface area contributed by atoms with Crippen LogP contribution < -0.4 is 0 Å². The number of nitrogens with zero attached hydrogens (tertiary/aromatic N) is 1. The molecule has 19 heavy (non-hydrogen) atoms. The standard InChI is InChI=1S/C17H16FN/c1-3-4-13-9-14(7-8-16(13)11-19)15-6-5-12(2)17(18)10-15/h5-10H,3-4H2,1-2H3. The molecule has 96 valence electrons. The molecule has 1 nitrogen and oxygen atoms in total. The SMILES string of the molecule is CCCc1cc(-c2ccc(C)c(F)c2)ccc1C#N. The first kappa shape index (κ1) is 13.3. The fourth-order valence-corrected chi connectivity index (χ4v) is 2.13. The van der Waals surface area contributed by atoms with E-state index in [9.17, 15) is 4.39 Å². The molecule has 0 aliphatic carbocycles. The topological polar surface area (TPSA) is 23.8 Å². The van der Waals surface area contributed by atoms with E-state index in [0.717, 1.165) is 29.5 Å². The summed E-state index contributed by atoms with van der Waals surface area (Å²) in [5.41, 5.74) is 4.19. The fourth-order valence-electron chi connectivity index (χ4n) is 2.13. The van der Waals surface area contributed by atoms with E-state index in [1.165, 1.54) is 0 Å². The molecule has 0 bridgehead atoms. The second-order valence-corrected chi connectivity index (χ2v) is 4.70. The molecule has 2 aromatic rings. The minimum Gasteiger partial charge on any atom is -0.207 e. The van der Waals surface area contributed by atoms with Crippen molar-refractivity contribution < 1.29 is 4.39 Å². The van der Waals surface area contributed by atoms with Crippen molar-refractivity contribution in [2.45, 2.75) is 26.7 Å². The van der Waals surface area contributed by atoms with Crippen LogP contribution in [0.3, 0.4) is 0 Å². The maximum Gasteiger partial charge on any atom is 0.126 e. The van der Waals surface area contributed by atoms with E-state index in [4.69, 9.17) is 5.26 Å². The number of benzene rings is 2. The molecular formula is C17H16FN. The zero-order valence-electron chi connectivity index (χ0n) is 11.2. The van der Waals surface area contributed by atoms with Crippen molar-refractivity contribution in [1.82, 2.24) is 0 Å². The Bertz CT molecular complexity index is 638. The quantitative estimate of drug-likeness (QED) is 0.782. The highest BCUT2D eigenvalue weighted by Gasteiger charge is 2.06. The van der Waals surface area contributed by atoms with Gasteiger partial charge < -0.3 is 0 Å². The molecule has 0 aliphatic rings. The third-order valence-corrected chi connectivity index (χ3v) is 3.25. The van der Waals surface area contributed by atoms with Gasteiger partial charge in [-0.2, -0.15) is 5.26 Å². The first-order valence-electron chi connectivity index (χ1n) is 6.45. The van der Waals surface area contributed by atoms with Crippen LogP contribution in [0.2, 0.25) is 0 Å². The Balaban J connectivity index is 2.48. The van der Waals surface area contributed by atoms with Gasteiger partial charge in [-0.15, -0.1) is 0 Å². The Labute approximate surface area is 113 Å². The molecule has 0 saturated heterocycles. The van der Waals surface area contributed by atoms with Crippen molar-refractivity contribution in [2.24, 2.45) is 0 Å². The van der Waals surface area contributed by atoms with Gasteiger partial charge in [0.2, 0.25) is 0 Å². The van der Waals surface area contributed by atoms with E-state index >= 15 is 0 Å². The Hall–Kier alpha value is -2.14. The average Bonchev–Trinajstić information content (AvgIpc) is 2.42. The van der Waals surface area contributed by atoms with Crippen molar-refractivity contribution in [2.75, 3.05) is 0 Å². The number of hydrogen-bond acceptors (Lipinski definition) is 1. The lowest BCUT2D eigenvalue weighted by atomic mass is 9.96. The zero-order valence-corrected chi connectivity index (χ0v) is 11.2. The number of aryl methyl sites for hydroxylation is 2. The minimum atomic E-state index is -0.195. The third-order valence-electron chi connectivity index (χ3n) is 3.25. The summed E-state index contributed by atoms with van der Waals surface area (Å²) in [6.45, 7) is 3.83. The molecule has 0 spiro atoms. The van der Waals surface area contributed by atoms with Gasteiger partial charge in [0.05, 0.1) is 11.6 Å². The number of rotatable bonds is 3. The lowest BCUT2D eigenvalue weighted by Gasteiger charge is -2.08. The van der Waals surface area contributed by atoms with Crippen molar-refractivity contribution in [3.8, 4) is 17.2 Å². The summed E-state index contributed by atoms with van der Waals surface area (Å²) in [6, 6.07) is 13.1. The second kappa shape index (κ2) is 5.67. The summed E-state index contributed by atoms with van der Waals surface area (Å²) in [7, 11) is 0. The molecule has 0 fully saturated rings. The van der Waals surface area contributed by atoms with Crippen LogP contribution in [0.1, 0.15) is 30.0 Å². The van der Waals surface area contributed by atoms with Gasteiger partial charge in [-0.05, 0) is 53.8 Å². The number of nitriles is 1. The van der Waals surface area contributed by atoms with Gasteiger partial charge in [-0.25, -0.2) is 4.39 Å². The van der Waals surface area contributed by atoms with E-state index in [2.05, 4.69) is 13.0 Å². The van der Waals surface area contributed by atoms with Gasteiger partial charge in [0.25, 0.3) is 0 Å². The van der Waals surface area contributed by atoms with E-state index < -0.39 is 0 Å². The predicted molar refractivity (Wildman–Crippen MR) is 75.3 cm³/mol. The molecule has 0 heterocycles. The molecule has 0 aromatic heterocycles. The Morgan fingerprint density at radius 3 is 2.42 bits per heavy atom. The normalized spacial score (nSPS) is 10.2. The zero-order chi connectivity index (χ0) is 13.8. The lowest BCUT2D eigenvalue weighted by Crippen LogP contribution is -1.91. The van der Waals surface area contributed by atoms with Crippen LogP contribution in [-0.4, -0.2) is 0 Å². The molecule has 0 atom stereocenters. The van der Waals surface area contributed by atoms with E-state index in [-0.39, 0.29) is 5.82 Å². The maximum absolute atomic E-state index is 13.6. The van der Waals surface area contributed by atoms with Crippen LogP contribution in [0.5, 0.6) is 0 Å². The molecule has 0 aliphatic heterocycles. The van der Waals surface area contributed by atoms with Gasteiger partial charge in [-0.1, -0.05) is 31.5 Å².